The Morgan fingerprint density at radius 2 is 2.33 bits per heavy atom. The average molecular weight is 150 g/mol. The summed E-state index contributed by atoms with van der Waals surface area (Å²) in [5.74, 6) is 1.84. The van der Waals surface area contributed by atoms with Crippen molar-refractivity contribution in [1.29, 1.82) is 0 Å². The van der Waals surface area contributed by atoms with Gasteiger partial charge < -0.3 is 9.84 Å². The van der Waals surface area contributed by atoms with Crippen LogP contribution in [0.3, 0.4) is 0 Å². The predicted molar refractivity (Wildman–Crippen MR) is 40.9 cm³/mol. The first-order valence-corrected chi connectivity index (χ1v) is 4.21. The molecule has 0 fully saturated rings. The molecular formula is C6H14O2S. The quantitative estimate of drug-likeness (QED) is 0.627. The van der Waals surface area contributed by atoms with Crippen LogP contribution < -0.4 is 0 Å². The molecule has 0 aromatic heterocycles. The molecule has 1 atom stereocenters. The molecule has 0 bridgehead atoms. The molecule has 0 radical (unpaired) electrons. The largest absolute Gasteiger partial charge is 0.390 e. The third kappa shape index (κ3) is 6.15. The SMILES string of the molecule is CCSCC(O)COC. The summed E-state index contributed by atoms with van der Waals surface area (Å²) in [4.78, 5) is 0. The fourth-order valence-electron chi connectivity index (χ4n) is 0.494. The summed E-state index contributed by atoms with van der Waals surface area (Å²) < 4.78 is 4.74. The topological polar surface area (TPSA) is 29.5 Å². The van der Waals surface area contributed by atoms with Gasteiger partial charge in [-0.15, -0.1) is 0 Å². The minimum absolute atomic E-state index is 0.292. The van der Waals surface area contributed by atoms with Crippen LogP contribution in [-0.2, 0) is 4.74 Å². The van der Waals surface area contributed by atoms with Crippen LogP contribution in [0.2, 0.25) is 0 Å². The molecule has 0 aliphatic carbocycles. The summed E-state index contributed by atoms with van der Waals surface area (Å²) in [7, 11) is 1.60. The van der Waals surface area contributed by atoms with Gasteiger partial charge in [-0.1, -0.05) is 6.92 Å². The third-order valence-corrected chi connectivity index (χ3v) is 1.90. The summed E-state index contributed by atoms with van der Waals surface area (Å²) in [5, 5.41) is 9.03. The molecule has 0 saturated heterocycles. The van der Waals surface area contributed by atoms with Gasteiger partial charge in [-0.25, -0.2) is 0 Å². The highest BCUT2D eigenvalue weighted by atomic mass is 32.2. The molecule has 3 heteroatoms. The van der Waals surface area contributed by atoms with Crippen molar-refractivity contribution in [2.75, 3.05) is 25.2 Å². The zero-order chi connectivity index (χ0) is 7.11. The molecule has 0 aromatic rings. The standard InChI is InChI=1S/C6H14O2S/c1-3-9-5-6(7)4-8-2/h6-7H,3-5H2,1-2H3. The minimum atomic E-state index is -0.292. The van der Waals surface area contributed by atoms with Gasteiger partial charge in [-0.3, -0.25) is 0 Å². The van der Waals surface area contributed by atoms with Crippen molar-refractivity contribution in [3.63, 3.8) is 0 Å². The zero-order valence-corrected chi connectivity index (χ0v) is 6.78. The second-order valence-electron chi connectivity index (χ2n) is 1.77. The fraction of sp³-hybridized carbons (Fsp3) is 1.00. The fourth-order valence-corrected chi connectivity index (χ4v) is 1.10. The summed E-state index contributed by atoms with van der Waals surface area (Å²) in [5.41, 5.74) is 0. The van der Waals surface area contributed by atoms with E-state index in [9.17, 15) is 0 Å². The van der Waals surface area contributed by atoms with E-state index >= 15 is 0 Å². The van der Waals surface area contributed by atoms with E-state index in [0.717, 1.165) is 11.5 Å². The first kappa shape index (κ1) is 9.27. The number of thioether (sulfide) groups is 1. The number of rotatable bonds is 5. The maximum Gasteiger partial charge on any atom is 0.0863 e. The Hall–Kier alpha value is 0.270. The molecule has 56 valence electrons. The third-order valence-electron chi connectivity index (χ3n) is 0.873. The van der Waals surface area contributed by atoms with Gasteiger partial charge in [0.05, 0.1) is 12.7 Å². The molecule has 0 rings (SSSR count). The van der Waals surface area contributed by atoms with Gasteiger partial charge in [0.25, 0.3) is 0 Å². The Bertz CT molecular complexity index is 59.0. The van der Waals surface area contributed by atoms with Crippen LogP contribution in [-0.4, -0.2) is 36.4 Å². The Morgan fingerprint density at radius 3 is 2.78 bits per heavy atom. The Labute approximate surface area is 60.6 Å². The highest BCUT2D eigenvalue weighted by Gasteiger charge is 2.00. The summed E-state index contributed by atoms with van der Waals surface area (Å²) in [6.45, 7) is 2.52. The molecule has 1 unspecified atom stereocenters. The molecule has 9 heavy (non-hydrogen) atoms. The second-order valence-corrected chi connectivity index (χ2v) is 3.09. The normalized spacial score (nSPS) is 13.7. The number of hydrogen-bond acceptors (Lipinski definition) is 3. The highest BCUT2D eigenvalue weighted by molar-refractivity contribution is 7.99. The molecule has 0 aliphatic rings. The van der Waals surface area contributed by atoms with Gasteiger partial charge >= 0.3 is 0 Å². The van der Waals surface area contributed by atoms with E-state index < -0.39 is 0 Å². The van der Waals surface area contributed by atoms with Crippen LogP contribution in [0.15, 0.2) is 0 Å². The Morgan fingerprint density at radius 1 is 1.67 bits per heavy atom. The van der Waals surface area contributed by atoms with Crippen molar-refractivity contribution in [3.8, 4) is 0 Å². The Kier molecular flexibility index (Phi) is 6.58. The van der Waals surface area contributed by atoms with E-state index in [1.54, 1.807) is 18.9 Å². The lowest BCUT2D eigenvalue weighted by Crippen LogP contribution is -2.16. The van der Waals surface area contributed by atoms with E-state index in [4.69, 9.17) is 9.84 Å². The number of ether oxygens (including phenoxy) is 1. The van der Waals surface area contributed by atoms with Crippen molar-refractivity contribution in [3.05, 3.63) is 0 Å². The molecule has 0 amide bonds. The second kappa shape index (κ2) is 6.39. The number of methoxy groups -OCH3 is 1. The average Bonchev–Trinajstić information content (AvgIpc) is 1.85. The highest BCUT2D eigenvalue weighted by Crippen LogP contribution is 2.01. The van der Waals surface area contributed by atoms with E-state index in [-0.39, 0.29) is 6.10 Å². The van der Waals surface area contributed by atoms with Crippen molar-refractivity contribution < 1.29 is 9.84 Å². The van der Waals surface area contributed by atoms with Gasteiger partial charge in [-0.05, 0) is 5.75 Å². The van der Waals surface area contributed by atoms with Crippen LogP contribution in [0.4, 0.5) is 0 Å². The molecule has 0 spiro atoms. The molecule has 0 saturated carbocycles. The first-order valence-electron chi connectivity index (χ1n) is 3.06. The molecule has 1 N–H and O–H groups in total. The van der Waals surface area contributed by atoms with E-state index in [0.29, 0.717) is 6.61 Å². The van der Waals surface area contributed by atoms with Crippen molar-refractivity contribution in [1.82, 2.24) is 0 Å². The molecule has 0 aliphatic heterocycles. The van der Waals surface area contributed by atoms with Gasteiger partial charge in [-0.2, -0.15) is 11.8 Å². The maximum atomic E-state index is 9.03. The van der Waals surface area contributed by atoms with Gasteiger partial charge in [0.2, 0.25) is 0 Å². The minimum Gasteiger partial charge on any atom is -0.390 e. The number of aliphatic hydroxyl groups is 1. The summed E-state index contributed by atoms with van der Waals surface area (Å²) >= 11 is 1.73. The lowest BCUT2D eigenvalue weighted by Gasteiger charge is -2.06. The van der Waals surface area contributed by atoms with E-state index in [1.807, 2.05) is 0 Å². The van der Waals surface area contributed by atoms with Crippen LogP contribution in [0.5, 0.6) is 0 Å². The smallest absolute Gasteiger partial charge is 0.0863 e. The van der Waals surface area contributed by atoms with Crippen LogP contribution in [0.1, 0.15) is 6.92 Å². The van der Waals surface area contributed by atoms with Crippen LogP contribution >= 0.6 is 11.8 Å². The number of aliphatic hydroxyl groups excluding tert-OH is 1. The van der Waals surface area contributed by atoms with Crippen molar-refractivity contribution >= 4 is 11.8 Å². The molecule has 2 nitrogen and oxygen atoms in total. The lowest BCUT2D eigenvalue weighted by molar-refractivity contribution is 0.0794. The summed E-state index contributed by atoms with van der Waals surface area (Å²) in [6.07, 6.45) is -0.292. The summed E-state index contributed by atoms with van der Waals surface area (Å²) in [6, 6.07) is 0. The lowest BCUT2D eigenvalue weighted by atomic mass is 10.4. The van der Waals surface area contributed by atoms with E-state index in [2.05, 4.69) is 6.92 Å². The zero-order valence-electron chi connectivity index (χ0n) is 5.96. The van der Waals surface area contributed by atoms with E-state index in [1.165, 1.54) is 0 Å². The predicted octanol–water partition coefficient (Wildman–Crippen LogP) is 0.747. The van der Waals surface area contributed by atoms with Gasteiger partial charge in [0.1, 0.15) is 0 Å². The monoisotopic (exact) mass is 150 g/mol. The molecule has 0 aromatic carbocycles. The van der Waals surface area contributed by atoms with Gasteiger partial charge in [0.15, 0.2) is 0 Å². The number of hydrogen-bond donors (Lipinski definition) is 1. The molecule has 0 heterocycles. The van der Waals surface area contributed by atoms with Crippen LogP contribution in [0.25, 0.3) is 0 Å². The van der Waals surface area contributed by atoms with Crippen molar-refractivity contribution in [2.24, 2.45) is 0 Å². The Balaban J connectivity index is 2.95. The molecular weight excluding hydrogens is 136 g/mol. The van der Waals surface area contributed by atoms with Crippen LogP contribution in [0, 0.1) is 0 Å². The van der Waals surface area contributed by atoms with Crippen molar-refractivity contribution in [2.45, 2.75) is 13.0 Å². The maximum absolute atomic E-state index is 9.03. The van der Waals surface area contributed by atoms with Gasteiger partial charge in [0, 0.05) is 12.9 Å². The first-order chi connectivity index (χ1) is 4.31.